The molecule has 0 aromatic rings. The topological polar surface area (TPSA) is 26.0 Å². The van der Waals surface area contributed by atoms with Crippen molar-refractivity contribution in [1.82, 2.24) is 0 Å². The predicted molar refractivity (Wildman–Crippen MR) is 58.6 cm³/mol. The van der Waals surface area contributed by atoms with Gasteiger partial charge in [0, 0.05) is 0 Å². The average molecular weight is 181 g/mol. The first-order valence-electron chi connectivity index (χ1n) is 5.69. The third-order valence-corrected chi connectivity index (χ3v) is 3.32. The molecule has 0 bridgehead atoms. The van der Waals surface area contributed by atoms with Crippen LogP contribution in [0.25, 0.3) is 0 Å². The molecular weight excluding hydrogens is 158 g/mol. The fourth-order valence-corrected chi connectivity index (χ4v) is 2.58. The molecule has 1 atom stereocenters. The van der Waals surface area contributed by atoms with E-state index >= 15 is 0 Å². The van der Waals surface area contributed by atoms with Crippen molar-refractivity contribution in [3.05, 3.63) is 12.7 Å². The lowest BCUT2D eigenvalue weighted by Gasteiger charge is -2.29. The predicted octanol–water partition coefficient (Wildman–Crippen LogP) is 3.11. The van der Waals surface area contributed by atoms with E-state index in [-0.39, 0.29) is 0 Å². The molecule has 1 aliphatic carbocycles. The highest BCUT2D eigenvalue weighted by atomic mass is 14.5. The Hall–Kier alpha value is -0.300. The molecule has 0 amide bonds. The van der Waals surface area contributed by atoms with Crippen LogP contribution in [0.4, 0.5) is 0 Å². The van der Waals surface area contributed by atoms with E-state index in [9.17, 15) is 0 Å². The van der Waals surface area contributed by atoms with E-state index in [4.69, 9.17) is 5.73 Å². The SMILES string of the molecule is C=CCC(CCN)C1CCCCC1. The number of allylic oxidation sites excluding steroid dienone is 1. The fourth-order valence-electron chi connectivity index (χ4n) is 2.58. The molecule has 1 unspecified atom stereocenters. The van der Waals surface area contributed by atoms with Gasteiger partial charge < -0.3 is 5.73 Å². The molecule has 1 fully saturated rings. The van der Waals surface area contributed by atoms with Crippen LogP contribution in [0, 0.1) is 11.8 Å². The van der Waals surface area contributed by atoms with Gasteiger partial charge in [-0.15, -0.1) is 6.58 Å². The van der Waals surface area contributed by atoms with Gasteiger partial charge in [-0.3, -0.25) is 0 Å². The molecule has 0 aromatic heterocycles. The summed E-state index contributed by atoms with van der Waals surface area (Å²) in [5, 5.41) is 0. The second-order valence-electron chi connectivity index (χ2n) is 4.26. The normalized spacial score (nSPS) is 21.3. The molecule has 0 heterocycles. The lowest BCUT2D eigenvalue weighted by Crippen LogP contribution is -2.20. The Kier molecular flexibility index (Phi) is 5.14. The van der Waals surface area contributed by atoms with Crippen molar-refractivity contribution in [2.75, 3.05) is 6.54 Å². The van der Waals surface area contributed by atoms with Gasteiger partial charge in [0.1, 0.15) is 0 Å². The second kappa shape index (κ2) is 6.20. The van der Waals surface area contributed by atoms with Crippen LogP contribution in [0.3, 0.4) is 0 Å². The van der Waals surface area contributed by atoms with Crippen LogP contribution in [0.2, 0.25) is 0 Å². The van der Waals surface area contributed by atoms with Crippen LogP contribution in [-0.4, -0.2) is 6.54 Å². The molecule has 13 heavy (non-hydrogen) atoms. The Morgan fingerprint density at radius 2 is 2.00 bits per heavy atom. The first-order valence-corrected chi connectivity index (χ1v) is 5.69. The summed E-state index contributed by atoms with van der Waals surface area (Å²) in [6, 6.07) is 0. The van der Waals surface area contributed by atoms with Crippen LogP contribution in [0.5, 0.6) is 0 Å². The van der Waals surface area contributed by atoms with Crippen LogP contribution in [0.15, 0.2) is 12.7 Å². The molecule has 1 aliphatic rings. The van der Waals surface area contributed by atoms with Gasteiger partial charge in [-0.05, 0) is 31.2 Å². The third kappa shape index (κ3) is 3.51. The van der Waals surface area contributed by atoms with Gasteiger partial charge >= 0.3 is 0 Å². The summed E-state index contributed by atoms with van der Waals surface area (Å²) in [7, 11) is 0. The fraction of sp³-hybridized carbons (Fsp3) is 0.833. The van der Waals surface area contributed by atoms with Gasteiger partial charge in [0.25, 0.3) is 0 Å². The number of hydrogen-bond donors (Lipinski definition) is 1. The molecule has 2 N–H and O–H groups in total. The van der Waals surface area contributed by atoms with Crippen LogP contribution in [0.1, 0.15) is 44.9 Å². The molecule has 1 heteroatoms. The summed E-state index contributed by atoms with van der Waals surface area (Å²) >= 11 is 0. The van der Waals surface area contributed by atoms with Crippen molar-refractivity contribution in [3.8, 4) is 0 Å². The molecule has 1 saturated carbocycles. The van der Waals surface area contributed by atoms with Crippen LogP contribution < -0.4 is 5.73 Å². The minimum atomic E-state index is 0.822. The molecule has 1 nitrogen and oxygen atoms in total. The smallest absolute Gasteiger partial charge is 0.00744 e. The summed E-state index contributed by atoms with van der Waals surface area (Å²) in [4.78, 5) is 0. The van der Waals surface area contributed by atoms with E-state index in [2.05, 4.69) is 12.7 Å². The summed E-state index contributed by atoms with van der Waals surface area (Å²) in [5.74, 6) is 1.76. The lowest BCUT2D eigenvalue weighted by atomic mass is 9.77. The summed E-state index contributed by atoms with van der Waals surface area (Å²) in [6.45, 7) is 4.68. The van der Waals surface area contributed by atoms with E-state index in [1.807, 2.05) is 0 Å². The van der Waals surface area contributed by atoms with Crippen LogP contribution in [-0.2, 0) is 0 Å². The molecule has 0 spiro atoms. The third-order valence-electron chi connectivity index (χ3n) is 3.32. The maximum absolute atomic E-state index is 5.63. The maximum Gasteiger partial charge on any atom is -0.00744 e. The zero-order chi connectivity index (χ0) is 9.52. The van der Waals surface area contributed by atoms with Gasteiger partial charge in [-0.25, -0.2) is 0 Å². The molecule has 0 saturated heterocycles. The van der Waals surface area contributed by atoms with Crippen molar-refractivity contribution in [1.29, 1.82) is 0 Å². The maximum atomic E-state index is 5.63. The van der Waals surface area contributed by atoms with Gasteiger partial charge in [-0.1, -0.05) is 38.2 Å². The van der Waals surface area contributed by atoms with E-state index < -0.39 is 0 Å². The molecule has 0 aromatic carbocycles. The van der Waals surface area contributed by atoms with Gasteiger partial charge in [-0.2, -0.15) is 0 Å². The molecular formula is C12H23N. The Bertz CT molecular complexity index is 136. The second-order valence-corrected chi connectivity index (χ2v) is 4.26. The summed E-state index contributed by atoms with van der Waals surface area (Å²) in [5.41, 5.74) is 5.63. The number of nitrogens with two attached hydrogens (primary N) is 1. The number of rotatable bonds is 5. The standard InChI is InChI=1S/C12H23N/c1-2-6-11(9-10-13)12-7-4-3-5-8-12/h2,11-12H,1,3-10,13H2. The monoisotopic (exact) mass is 181 g/mol. The van der Waals surface area contributed by atoms with Gasteiger partial charge in [0.15, 0.2) is 0 Å². The molecule has 0 aliphatic heterocycles. The van der Waals surface area contributed by atoms with Crippen molar-refractivity contribution in [3.63, 3.8) is 0 Å². The van der Waals surface area contributed by atoms with Crippen molar-refractivity contribution in [2.45, 2.75) is 44.9 Å². The van der Waals surface area contributed by atoms with Crippen LogP contribution >= 0.6 is 0 Å². The highest BCUT2D eigenvalue weighted by molar-refractivity contribution is 4.80. The quantitative estimate of drug-likeness (QED) is 0.648. The van der Waals surface area contributed by atoms with Gasteiger partial charge in [0.05, 0.1) is 0 Å². The first-order chi connectivity index (χ1) is 6.38. The first kappa shape index (κ1) is 10.8. The molecule has 0 radical (unpaired) electrons. The van der Waals surface area contributed by atoms with E-state index in [0.717, 1.165) is 18.4 Å². The van der Waals surface area contributed by atoms with Crippen molar-refractivity contribution < 1.29 is 0 Å². The zero-order valence-corrected chi connectivity index (χ0v) is 8.67. The molecule has 1 rings (SSSR count). The molecule has 76 valence electrons. The largest absolute Gasteiger partial charge is 0.330 e. The van der Waals surface area contributed by atoms with Gasteiger partial charge in [0.2, 0.25) is 0 Å². The Morgan fingerprint density at radius 3 is 2.54 bits per heavy atom. The lowest BCUT2D eigenvalue weighted by molar-refractivity contribution is 0.240. The Balaban J connectivity index is 2.36. The average Bonchev–Trinajstić information content (AvgIpc) is 2.19. The highest BCUT2D eigenvalue weighted by Crippen LogP contribution is 2.33. The van der Waals surface area contributed by atoms with E-state index in [1.54, 1.807) is 0 Å². The minimum absolute atomic E-state index is 0.822. The van der Waals surface area contributed by atoms with Crippen molar-refractivity contribution in [2.24, 2.45) is 17.6 Å². The minimum Gasteiger partial charge on any atom is -0.330 e. The zero-order valence-electron chi connectivity index (χ0n) is 8.67. The Morgan fingerprint density at radius 1 is 1.31 bits per heavy atom. The number of hydrogen-bond acceptors (Lipinski definition) is 1. The highest BCUT2D eigenvalue weighted by Gasteiger charge is 2.21. The Labute approximate surface area is 82.4 Å². The van der Waals surface area contributed by atoms with E-state index in [1.165, 1.54) is 44.9 Å². The summed E-state index contributed by atoms with van der Waals surface area (Å²) < 4.78 is 0. The van der Waals surface area contributed by atoms with Crippen molar-refractivity contribution >= 4 is 0 Å². The van der Waals surface area contributed by atoms with E-state index in [0.29, 0.717) is 0 Å². The summed E-state index contributed by atoms with van der Waals surface area (Å²) in [6.07, 6.45) is 11.6.